The van der Waals surface area contributed by atoms with E-state index in [9.17, 15) is 18.0 Å². The molecule has 186 valence electrons. The summed E-state index contributed by atoms with van der Waals surface area (Å²) >= 11 is 6.03. The Morgan fingerprint density at radius 2 is 1.57 bits per heavy atom. The molecule has 1 atom stereocenters. The number of nitrogens with zero attached hydrogens (tertiary/aromatic N) is 1. The number of sulfone groups is 1. The van der Waals surface area contributed by atoms with Crippen molar-refractivity contribution >= 4 is 38.9 Å². The van der Waals surface area contributed by atoms with Crippen LogP contribution < -0.4 is 10.2 Å². The van der Waals surface area contributed by atoms with E-state index < -0.39 is 15.7 Å². The fourth-order valence-electron chi connectivity index (χ4n) is 4.38. The van der Waals surface area contributed by atoms with Crippen molar-refractivity contribution in [2.75, 3.05) is 4.90 Å². The SMILES string of the molecule is C[C@H](NC(=O)c1ccc2c(c1)N(Cc1ccc(Cl)cc1)C(=O)c1ccccc1S2(=O)=O)c1ccccc1. The minimum Gasteiger partial charge on any atom is -0.346 e. The monoisotopic (exact) mass is 530 g/mol. The lowest BCUT2D eigenvalue weighted by atomic mass is 10.1. The van der Waals surface area contributed by atoms with E-state index in [1.807, 2.05) is 37.3 Å². The van der Waals surface area contributed by atoms with Gasteiger partial charge in [-0.2, -0.15) is 0 Å². The normalized spacial score (nSPS) is 14.8. The highest BCUT2D eigenvalue weighted by atomic mass is 35.5. The number of rotatable bonds is 5. The minimum atomic E-state index is -4.03. The van der Waals surface area contributed by atoms with Gasteiger partial charge in [-0.1, -0.05) is 66.2 Å². The number of nitrogens with one attached hydrogen (secondary N) is 1. The number of benzene rings is 4. The molecule has 1 N–H and O–H groups in total. The van der Waals surface area contributed by atoms with Gasteiger partial charge in [-0.15, -0.1) is 0 Å². The maximum atomic E-state index is 13.7. The molecule has 1 aliphatic rings. The number of carbonyl (C=O) groups excluding carboxylic acids is 2. The van der Waals surface area contributed by atoms with Crippen LogP contribution in [0.25, 0.3) is 0 Å². The predicted octanol–water partition coefficient (Wildman–Crippen LogP) is 5.82. The van der Waals surface area contributed by atoms with E-state index in [-0.39, 0.29) is 45.1 Å². The summed E-state index contributed by atoms with van der Waals surface area (Å²) in [5.41, 5.74) is 2.17. The Morgan fingerprint density at radius 3 is 2.30 bits per heavy atom. The van der Waals surface area contributed by atoms with Crippen molar-refractivity contribution < 1.29 is 18.0 Å². The molecule has 6 nitrogen and oxygen atoms in total. The number of hydrogen-bond acceptors (Lipinski definition) is 4. The van der Waals surface area contributed by atoms with Gasteiger partial charge in [0.25, 0.3) is 11.8 Å². The first-order valence-corrected chi connectivity index (χ1v) is 13.5. The Bertz CT molecular complexity index is 1600. The number of halogens is 1. The molecule has 0 unspecified atom stereocenters. The van der Waals surface area contributed by atoms with Crippen molar-refractivity contribution in [3.8, 4) is 0 Å². The van der Waals surface area contributed by atoms with Crippen molar-refractivity contribution in [2.45, 2.75) is 29.3 Å². The number of anilines is 1. The summed E-state index contributed by atoms with van der Waals surface area (Å²) in [6, 6.07) is 26.7. The number of carbonyl (C=O) groups is 2. The quantitative estimate of drug-likeness (QED) is 0.352. The molecule has 0 bridgehead atoms. The third kappa shape index (κ3) is 4.75. The molecule has 0 aromatic heterocycles. The number of amides is 2. The molecule has 4 aromatic rings. The highest BCUT2D eigenvalue weighted by Gasteiger charge is 2.36. The molecule has 5 rings (SSSR count). The van der Waals surface area contributed by atoms with E-state index in [0.717, 1.165) is 11.1 Å². The van der Waals surface area contributed by atoms with Crippen LogP contribution in [-0.2, 0) is 16.4 Å². The largest absolute Gasteiger partial charge is 0.346 e. The van der Waals surface area contributed by atoms with E-state index in [1.54, 1.807) is 36.4 Å². The molecule has 0 radical (unpaired) electrons. The zero-order valence-corrected chi connectivity index (χ0v) is 21.5. The first-order valence-electron chi connectivity index (χ1n) is 11.7. The molecule has 0 fully saturated rings. The van der Waals surface area contributed by atoms with E-state index in [4.69, 9.17) is 11.6 Å². The molecular weight excluding hydrogens is 508 g/mol. The van der Waals surface area contributed by atoms with Gasteiger partial charge in [-0.05, 0) is 60.5 Å². The van der Waals surface area contributed by atoms with Crippen molar-refractivity contribution in [3.63, 3.8) is 0 Å². The summed E-state index contributed by atoms with van der Waals surface area (Å²) in [5, 5.41) is 3.50. The molecular formula is C29H23ClN2O4S. The van der Waals surface area contributed by atoms with Gasteiger partial charge in [-0.3, -0.25) is 9.59 Å². The average molecular weight is 531 g/mol. The lowest BCUT2D eigenvalue weighted by molar-refractivity contribution is 0.0937. The second kappa shape index (κ2) is 9.84. The Balaban J connectivity index is 1.60. The van der Waals surface area contributed by atoms with Gasteiger partial charge in [0.05, 0.1) is 33.6 Å². The molecule has 0 spiro atoms. The smallest absolute Gasteiger partial charge is 0.259 e. The number of fused-ring (bicyclic) bond motifs is 2. The summed E-state index contributed by atoms with van der Waals surface area (Å²) in [7, 11) is -4.03. The van der Waals surface area contributed by atoms with Crippen LogP contribution in [0.1, 0.15) is 44.8 Å². The molecule has 0 aliphatic carbocycles. The van der Waals surface area contributed by atoms with Crippen molar-refractivity contribution in [1.82, 2.24) is 5.32 Å². The Hall–Kier alpha value is -3.94. The van der Waals surface area contributed by atoms with Gasteiger partial charge in [0.15, 0.2) is 0 Å². The molecule has 0 saturated heterocycles. The molecule has 2 amide bonds. The van der Waals surface area contributed by atoms with Crippen LogP contribution in [0.5, 0.6) is 0 Å². The second-order valence-electron chi connectivity index (χ2n) is 8.81. The summed E-state index contributed by atoms with van der Waals surface area (Å²) < 4.78 is 27.3. The van der Waals surface area contributed by atoms with Gasteiger partial charge >= 0.3 is 0 Å². The lowest BCUT2D eigenvalue weighted by Crippen LogP contribution is -2.31. The highest BCUT2D eigenvalue weighted by molar-refractivity contribution is 7.91. The van der Waals surface area contributed by atoms with E-state index in [1.165, 1.54) is 35.2 Å². The van der Waals surface area contributed by atoms with Crippen molar-refractivity contribution in [1.29, 1.82) is 0 Å². The lowest BCUT2D eigenvalue weighted by Gasteiger charge is -2.24. The van der Waals surface area contributed by atoms with E-state index >= 15 is 0 Å². The third-order valence-electron chi connectivity index (χ3n) is 6.35. The number of hydrogen-bond donors (Lipinski definition) is 1. The Morgan fingerprint density at radius 1 is 0.892 bits per heavy atom. The van der Waals surface area contributed by atoms with Crippen molar-refractivity contribution in [3.05, 3.63) is 124 Å². The fraction of sp³-hybridized carbons (Fsp3) is 0.103. The first kappa shape index (κ1) is 24.7. The Kier molecular flexibility index (Phi) is 6.58. The summed E-state index contributed by atoms with van der Waals surface area (Å²) in [4.78, 5) is 28.2. The van der Waals surface area contributed by atoms with Crippen LogP contribution in [0, 0.1) is 0 Å². The van der Waals surface area contributed by atoms with Gasteiger partial charge in [-0.25, -0.2) is 8.42 Å². The maximum Gasteiger partial charge on any atom is 0.259 e. The first-order chi connectivity index (χ1) is 17.8. The average Bonchev–Trinajstić information content (AvgIpc) is 2.98. The minimum absolute atomic E-state index is 0.0348. The molecule has 1 aliphatic heterocycles. The standard InChI is InChI=1S/C29H23ClN2O4S/c1-19(21-7-3-2-4-8-21)31-28(33)22-13-16-27-25(17-22)32(18-20-11-14-23(30)15-12-20)29(34)24-9-5-6-10-26(24)37(27,35)36/h2-17,19H,18H2,1H3,(H,31,33)/t19-/m0/s1. The van der Waals surface area contributed by atoms with Crippen LogP contribution in [0.3, 0.4) is 0 Å². The maximum absolute atomic E-state index is 13.7. The van der Waals surface area contributed by atoms with E-state index in [2.05, 4.69) is 5.32 Å². The summed E-state index contributed by atoms with van der Waals surface area (Å²) in [6.45, 7) is 1.96. The molecule has 4 aromatic carbocycles. The van der Waals surface area contributed by atoms with Gasteiger partial charge in [0.2, 0.25) is 9.84 Å². The van der Waals surface area contributed by atoms with Gasteiger partial charge in [0.1, 0.15) is 0 Å². The summed E-state index contributed by atoms with van der Waals surface area (Å²) in [5.74, 6) is -0.847. The topological polar surface area (TPSA) is 83.6 Å². The highest BCUT2D eigenvalue weighted by Crippen LogP contribution is 2.38. The second-order valence-corrected chi connectivity index (χ2v) is 11.1. The van der Waals surface area contributed by atoms with Gasteiger partial charge < -0.3 is 10.2 Å². The third-order valence-corrected chi connectivity index (χ3v) is 8.47. The zero-order chi connectivity index (χ0) is 26.2. The molecule has 37 heavy (non-hydrogen) atoms. The van der Waals surface area contributed by atoms with Crippen molar-refractivity contribution in [2.24, 2.45) is 0 Å². The van der Waals surface area contributed by atoms with Crippen LogP contribution >= 0.6 is 11.6 Å². The van der Waals surface area contributed by atoms with Crippen LogP contribution in [0.4, 0.5) is 5.69 Å². The van der Waals surface area contributed by atoms with Crippen LogP contribution in [0.15, 0.2) is 107 Å². The van der Waals surface area contributed by atoms with E-state index in [0.29, 0.717) is 5.02 Å². The van der Waals surface area contributed by atoms with Gasteiger partial charge in [0, 0.05) is 10.6 Å². The van der Waals surface area contributed by atoms with Crippen LogP contribution in [0.2, 0.25) is 5.02 Å². The van der Waals surface area contributed by atoms with Crippen LogP contribution in [-0.4, -0.2) is 20.2 Å². The summed E-state index contributed by atoms with van der Waals surface area (Å²) in [6.07, 6.45) is 0. The Labute approximate surface area is 220 Å². The predicted molar refractivity (Wildman–Crippen MR) is 143 cm³/mol. The fourth-order valence-corrected chi connectivity index (χ4v) is 6.14. The molecule has 8 heteroatoms. The molecule has 1 heterocycles. The zero-order valence-electron chi connectivity index (χ0n) is 19.9. The molecule has 0 saturated carbocycles.